The first-order valence-corrected chi connectivity index (χ1v) is 22.8. The largest absolute Gasteiger partial charge is 0.444 e. The second kappa shape index (κ2) is 14.8. The average Bonchev–Trinajstić information content (AvgIpc) is 3.61. The zero-order valence-electron chi connectivity index (χ0n) is 36.3. The molecule has 2 aromatic carbocycles. The van der Waals surface area contributed by atoms with Crippen molar-refractivity contribution in [1.29, 1.82) is 0 Å². The number of carbonyl (C=O) groups excluding carboxylic acids is 2. The van der Waals surface area contributed by atoms with E-state index in [2.05, 4.69) is 10.3 Å². The van der Waals surface area contributed by atoms with Crippen molar-refractivity contribution < 1.29 is 37.3 Å². The molecule has 0 atom stereocenters. The molecule has 8 heterocycles. The lowest BCUT2D eigenvalue weighted by molar-refractivity contribution is -0.141. The van der Waals surface area contributed by atoms with Gasteiger partial charge in [-0.15, -0.1) is 0 Å². The smallest absolute Gasteiger partial charge is 0.420 e. The minimum Gasteiger partial charge on any atom is -0.444 e. The van der Waals surface area contributed by atoms with Gasteiger partial charge >= 0.3 is 11.8 Å². The topological polar surface area (TPSA) is 199 Å². The molecule has 0 bridgehead atoms. The van der Waals surface area contributed by atoms with Gasteiger partial charge in [0.1, 0.15) is 5.60 Å². The van der Waals surface area contributed by atoms with E-state index in [9.17, 15) is 14.4 Å². The molecule has 0 N–H and O–H groups in total. The van der Waals surface area contributed by atoms with Crippen molar-refractivity contribution in [1.82, 2.24) is 44.4 Å². The normalized spacial score (nSPS) is 21.1. The summed E-state index contributed by atoms with van der Waals surface area (Å²) < 4.78 is 38.5. The summed E-state index contributed by atoms with van der Waals surface area (Å²) in [4.78, 5) is 53.4. The number of hydrogen-bond acceptors (Lipinski definition) is 14. The van der Waals surface area contributed by atoms with Crippen LogP contribution in [0, 0.1) is 11.3 Å². The van der Waals surface area contributed by atoms with E-state index in [1.165, 1.54) is 12.8 Å². The van der Waals surface area contributed by atoms with Crippen LogP contribution in [0.2, 0.25) is 0 Å². The summed E-state index contributed by atoms with van der Waals surface area (Å²) >= 11 is 0. The van der Waals surface area contributed by atoms with E-state index in [0.717, 1.165) is 42.1 Å². The van der Waals surface area contributed by atoms with Gasteiger partial charge in [-0.2, -0.15) is 15.1 Å². The maximum Gasteiger partial charge on any atom is 0.420 e. The Bertz CT molecular complexity index is 2850. The number of nitrogens with zero attached hydrogens (tertiary/aromatic N) is 9. The molecule has 1 spiro atoms. The lowest BCUT2D eigenvalue weighted by Gasteiger charge is -2.40. The Hall–Kier alpha value is -5.88. The Morgan fingerprint density at radius 2 is 1.33 bits per heavy atom. The summed E-state index contributed by atoms with van der Waals surface area (Å²) in [6.07, 6.45) is 9.03. The number of ether oxygens (including phenoxy) is 3. The third-order valence-corrected chi connectivity index (χ3v) is 14.4. The molecular weight excluding hydrogens is 823 g/mol. The van der Waals surface area contributed by atoms with Crippen LogP contribution in [-0.4, -0.2) is 115 Å². The standard InChI is InChI=1S/C46H51N9O9/c1-45(2,3)62-43(57)53-12-6-26(7-13-53)39-48-40(63-51-39)27-14-32(34-20-47-55(35(34)16-27)31-23-60-24-31)33-15-28(17-36-37(33)61-44(58)54(36)30-21-59-22-30)41-49-38(50-64-41)25-4-10-52(11-5-25)42(56)29-18-46(19-29)8-9-46/h14-17,20,25-26,29-31H,4-13,18-19,21-24H2,1-3H3. The molecule has 0 unspecified atom stereocenters. The zero-order valence-corrected chi connectivity index (χ0v) is 36.3. The Morgan fingerprint density at radius 1 is 0.750 bits per heavy atom. The van der Waals surface area contributed by atoms with Crippen LogP contribution in [0.4, 0.5) is 4.79 Å². The number of carbonyl (C=O) groups is 2. The Balaban J connectivity index is 0.885. The summed E-state index contributed by atoms with van der Waals surface area (Å²) in [5.74, 6) is 1.87. The molecule has 6 aromatic rings. The number of likely N-dealkylation sites (tertiary alicyclic amines) is 2. The van der Waals surface area contributed by atoms with Crippen LogP contribution >= 0.6 is 0 Å². The molecule has 4 saturated heterocycles. The molecule has 4 aliphatic heterocycles. The molecule has 4 aromatic heterocycles. The number of amides is 2. The highest BCUT2D eigenvalue weighted by Crippen LogP contribution is 2.63. The predicted octanol–water partition coefficient (Wildman–Crippen LogP) is 6.86. The van der Waals surface area contributed by atoms with Crippen LogP contribution in [-0.2, 0) is 19.0 Å². The van der Waals surface area contributed by atoms with E-state index in [1.807, 2.05) is 60.8 Å². The monoisotopic (exact) mass is 873 g/mol. The van der Waals surface area contributed by atoms with Gasteiger partial charge in [-0.05, 0) is 107 Å². The predicted molar refractivity (Wildman–Crippen MR) is 228 cm³/mol. The first-order chi connectivity index (χ1) is 31.0. The minimum absolute atomic E-state index is 0.00518. The Kier molecular flexibility index (Phi) is 9.20. The van der Waals surface area contributed by atoms with Gasteiger partial charge in [0.15, 0.2) is 17.2 Å². The van der Waals surface area contributed by atoms with Gasteiger partial charge in [-0.1, -0.05) is 10.3 Å². The second-order valence-corrected chi connectivity index (χ2v) is 19.9. The van der Waals surface area contributed by atoms with Gasteiger partial charge < -0.3 is 37.5 Å². The second-order valence-electron chi connectivity index (χ2n) is 19.9. The van der Waals surface area contributed by atoms with Crippen LogP contribution < -0.4 is 5.76 Å². The van der Waals surface area contributed by atoms with Crippen LogP contribution in [0.5, 0.6) is 0 Å². The average molecular weight is 874 g/mol. The van der Waals surface area contributed by atoms with Crippen molar-refractivity contribution in [2.75, 3.05) is 52.6 Å². The van der Waals surface area contributed by atoms with Gasteiger partial charge in [0.25, 0.3) is 11.8 Å². The van der Waals surface area contributed by atoms with Crippen molar-refractivity contribution in [2.45, 2.75) is 102 Å². The van der Waals surface area contributed by atoms with Gasteiger partial charge in [-0.25, -0.2) is 9.59 Å². The number of aromatic nitrogens is 7. The summed E-state index contributed by atoms with van der Waals surface area (Å²) in [6, 6.07) is 7.61. The van der Waals surface area contributed by atoms with Crippen LogP contribution in [0.25, 0.3) is 56.0 Å². The Morgan fingerprint density at radius 3 is 1.89 bits per heavy atom. The molecule has 64 heavy (non-hydrogen) atoms. The highest BCUT2D eigenvalue weighted by molar-refractivity contribution is 6.05. The van der Waals surface area contributed by atoms with E-state index in [-0.39, 0.29) is 35.9 Å². The van der Waals surface area contributed by atoms with Crippen molar-refractivity contribution in [3.8, 4) is 34.0 Å². The van der Waals surface area contributed by atoms with E-state index in [0.29, 0.717) is 128 Å². The molecule has 6 fully saturated rings. The molecule has 0 radical (unpaired) electrons. The highest BCUT2D eigenvalue weighted by atomic mass is 16.6. The molecule has 2 amide bonds. The van der Waals surface area contributed by atoms with E-state index in [1.54, 1.807) is 9.47 Å². The van der Waals surface area contributed by atoms with E-state index < -0.39 is 11.4 Å². The molecular formula is C46H51N9O9. The molecule has 334 valence electrons. The third-order valence-electron chi connectivity index (χ3n) is 14.4. The maximum absolute atomic E-state index is 13.7. The fourth-order valence-electron chi connectivity index (χ4n) is 10.4. The lowest BCUT2D eigenvalue weighted by Crippen LogP contribution is -2.45. The molecule has 6 aliphatic rings. The zero-order chi connectivity index (χ0) is 43.5. The first-order valence-electron chi connectivity index (χ1n) is 22.8. The Labute approximate surface area is 367 Å². The van der Waals surface area contributed by atoms with Gasteiger partial charge in [0.2, 0.25) is 5.91 Å². The molecule has 18 heteroatoms. The van der Waals surface area contributed by atoms with Crippen LogP contribution in [0.1, 0.15) is 108 Å². The van der Waals surface area contributed by atoms with Crippen molar-refractivity contribution in [3.05, 3.63) is 52.7 Å². The number of oxazole rings is 1. The number of piperidine rings is 2. The van der Waals surface area contributed by atoms with Gasteiger partial charge in [-0.3, -0.25) is 14.0 Å². The fraction of sp³-hybridized carbons (Fsp3) is 0.565. The lowest BCUT2D eigenvalue weighted by atomic mass is 9.71. The third kappa shape index (κ3) is 6.91. The summed E-state index contributed by atoms with van der Waals surface area (Å²) in [7, 11) is 0. The van der Waals surface area contributed by atoms with Crippen molar-refractivity contribution in [3.63, 3.8) is 0 Å². The molecule has 18 nitrogen and oxygen atoms in total. The summed E-state index contributed by atoms with van der Waals surface area (Å²) in [5.41, 5.74) is 4.38. The van der Waals surface area contributed by atoms with E-state index >= 15 is 0 Å². The molecule has 2 aliphatic carbocycles. The minimum atomic E-state index is -0.572. The van der Waals surface area contributed by atoms with Gasteiger partial charge in [0, 0.05) is 66.0 Å². The molecule has 2 saturated carbocycles. The molecule has 12 rings (SSSR count). The van der Waals surface area contributed by atoms with Crippen molar-refractivity contribution in [2.24, 2.45) is 11.3 Å². The number of fused-ring (bicyclic) bond motifs is 2. The summed E-state index contributed by atoms with van der Waals surface area (Å²) in [6.45, 7) is 9.82. The van der Waals surface area contributed by atoms with Crippen molar-refractivity contribution >= 4 is 34.0 Å². The number of hydrogen-bond donors (Lipinski definition) is 0. The summed E-state index contributed by atoms with van der Waals surface area (Å²) in [5, 5.41) is 14.6. The quantitative estimate of drug-likeness (QED) is 0.154. The SMILES string of the molecule is CC(C)(C)OC(=O)N1CCC(c2noc(-c3cc(-c4cc(-c5nc(C6CCN(C(=O)C7CC8(CC8)C7)CC6)no5)cc5c4oc(=O)n5C4COC4)c4cnn(C5COC5)c4c3)n2)CC1. The fourth-order valence-corrected chi connectivity index (χ4v) is 10.4. The van der Waals surface area contributed by atoms with E-state index in [4.69, 9.17) is 42.7 Å². The highest BCUT2D eigenvalue weighted by Gasteiger charge is 2.55. The van der Waals surface area contributed by atoms with Crippen LogP contribution in [0.3, 0.4) is 0 Å². The number of benzene rings is 2. The van der Waals surface area contributed by atoms with Gasteiger partial charge in [0.05, 0.1) is 55.7 Å². The maximum atomic E-state index is 13.7. The first kappa shape index (κ1) is 39.7. The van der Waals surface area contributed by atoms with Crippen LogP contribution in [0.15, 0.2) is 48.7 Å². The number of rotatable bonds is 8.